The van der Waals surface area contributed by atoms with Crippen LogP contribution in [0.4, 0.5) is 0 Å². The Morgan fingerprint density at radius 2 is 2.00 bits per heavy atom. The van der Waals surface area contributed by atoms with E-state index in [4.69, 9.17) is 10.5 Å². The van der Waals surface area contributed by atoms with Gasteiger partial charge in [0.25, 0.3) is 0 Å². The summed E-state index contributed by atoms with van der Waals surface area (Å²) in [6.45, 7) is 2.61. The molecule has 0 aliphatic carbocycles. The second kappa shape index (κ2) is 6.90. The summed E-state index contributed by atoms with van der Waals surface area (Å²) in [6.07, 6.45) is 5.65. The first-order valence-corrected chi connectivity index (χ1v) is 6.69. The Morgan fingerprint density at radius 1 is 1.21 bits per heavy atom. The van der Waals surface area contributed by atoms with E-state index in [-0.39, 0.29) is 6.10 Å². The fourth-order valence-corrected chi connectivity index (χ4v) is 2.01. The highest BCUT2D eigenvalue weighted by atomic mass is 16.5. The highest BCUT2D eigenvalue weighted by Gasteiger charge is 2.11. The molecule has 1 unspecified atom stereocenters. The van der Waals surface area contributed by atoms with Gasteiger partial charge < -0.3 is 10.5 Å². The maximum Gasteiger partial charge on any atom is 0.137 e. The normalized spacial score (nSPS) is 12.1. The molecule has 0 fully saturated rings. The second-order valence-electron chi connectivity index (χ2n) is 4.52. The van der Waals surface area contributed by atoms with Crippen LogP contribution >= 0.6 is 0 Å². The summed E-state index contributed by atoms with van der Waals surface area (Å²) < 4.78 is 5.92. The van der Waals surface area contributed by atoms with Crippen LogP contribution in [0, 0.1) is 0 Å². The number of nitrogens with two attached hydrogens (primary N) is 1. The number of benzene rings is 1. The quantitative estimate of drug-likeness (QED) is 0.864. The molecule has 0 radical (unpaired) electrons. The van der Waals surface area contributed by atoms with Crippen molar-refractivity contribution in [3.05, 3.63) is 59.9 Å². The molecule has 2 rings (SSSR count). The molecule has 3 heteroatoms. The molecule has 2 N–H and O–H groups in total. The first-order valence-electron chi connectivity index (χ1n) is 6.69. The highest BCUT2D eigenvalue weighted by Crippen LogP contribution is 2.21. The summed E-state index contributed by atoms with van der Waals surface area (Å²) in [6, 6.07) is 12.1. The van der Waals surface area contributed by atoms with Gasteiger partial charge in [-0.25, -0.2) is 0 Å². The first kappa shape index (κ1) is 13.6. The van der Waals surface area contributed by atoms with E-state index in [9.17, 15) is 0 Å². The van der Waals surface area contributed by atoms with Crippen LogP contribution in [0.25, 0.3) is 0 Å². The molecule has 0 aliphatic rings. The van der Waals surface area contributed by atoms with Crippen molar-refractivity contribution in [1.82, 2.24) is 4.98 Å². The second-order valence-corrected chi connectivity index (χ2v) is 4.52. The van der Waals surface area contributed by atoms with Gasteiger partial charge in [0.1, 0.15) is 11.9 Å². The Labute approximate surface area is 114 Å². The number of hydrogen-bond acceptors (Lipinski definition) is 3. The summed E-state index contributed by atoms with van der Waals surface area (Å²) in [5, 5.41) is 0. The molecular weight excluding hydrogens is 236 g/mol. The fraction of sp³-hybridized carbons (Fsp3) is 0.312. The van der Waals surface area contributed by atoms with Gasteiger partial charge in [-0.1, -0.05) is 31.5 Å². The van der Waals surface area contributed by atoms with Crippen LogP contribution in [0.5, 0.6) is 5.75 Å². The van der Waals surface area contributed by atoms with Crippen LogP contribution in [0.1, 0.15) is 30.6 Å². The summed E-state index contributed by atoms with van der Waals surface area (Å²) in [4.78, 5) is 4.10. The fourth-order valence-electron chi connectivity index (χ4n) is 2.01. The molecule has 0 amide bonds. The van der Waals surface area contributed by atoms with Crippen molar-refractivity contribution in [2.45, 2.75) is 25.9 Å². The van der Waals surface area contributed by atoms with Gasteiger partial charge in [0.15, 0.2) is 0 Å². The van der Waals surface area contributed by atoms with Crippen LogP contribution in [-0.4, -0.2) is 11.5 Å². The Kier molecular flexibility index (Phi) is 4.93. The average Bonchev–Trinajstić information content (AvgIpc) is 2.48. The van der Waals surface area contributed by atoms with Crippen molar-refractivity contribution in [1.29, 1.82) is 0 Å². The van der Waals surface area contributed by atoms with E-state index in [0.717, 1.165) is 24.2 Å². The number of nitrogens with zero attached hydrogens (tertiary/aromatic N) is 1. The standard InChI is InChI=1S/C16H20N2O/c1-2-4-13-6-8-15(9-7-13)19-16(11-17)14-5-3-10-18-12-14/h3,5-10,12,16H,2,4,11,17H2,1H3. The highest BCUT2D eigenvalue weighted by molar-refractivity contribution is 5.28. The molecule has 1 aromatic heterocycles. The zero-order valence-corrected chi connectivity index (χ0v) is 11.3. The maximum atomic E-state index is 5.92. The molecule has 0 spiro atoms. The lowest BCUT2D eigenvalue weighted by Gasteiger charge is -2.17. The van der Waals surface area contributed by atoms with Gasteiger partial charge in [-0.05, 0) is 30.2 Å². The number of ether oxygens (including phenoxy) is 1. The van der Waals surface area contributed by atoms with Gasteiger partial charge in [0.05, 0.1) is 0 Å². The smallest absolute Gasteiger partial charge is 0.137 e. The number of hydrogen-bond donors (Lipinski definition) is 1. The Bertz CT molecular complexity index is 482. The van der Waals surface area contributed by atoms with Crippen LogP contribution in [0.2, 0.25) is 0 Å². The molecule has 3 nitrogen and oxygen atoms in total. The Morgan fingerprint density at radius 3 is 2.58 bits per heavy atom. The molecule has 0 saturated carbocycles. The monoisotopic (exact) mass is 256 g/mol. The molecule has 0 aliphatic heterocycles. The third kappa shape index (κ3) is 3.80. The number of aryl methyl sites for hydroxylation is 1. The number of rotatable bonds is 6. The number of aromatic nitrogens is 1. The van der Waals surface area contributed by atoms with E-state index in [1.807, 2.05) is 24.3 Å². The third-order valence-corrected chi connectivity index (χ3v) is 3.01. The van der Waals surface area contributed by atoms with Crippen LogP contribution in [-0.2, 0) is 6.42 Å². The SMILES string of the molecule is CCCc1ccc(OC(CN)c2cccnc2)cc1. The van der Waals surface area contributed by atoms with Crippen molar-refractivity contribution in [2.24, 2.45) is 5.73 Å². The lowest BCUT2D eigenvalue weighted by atomic mass is 10.1. The average molecular weight is 256 g/mol. The minimum absolute atomic E-state index is 0.147. The van der Waals surface area contributed by atoms with Crippen molar-refractivity contribution < 1.29 is 4.74 Å². The molecule has 1 aromatic carbocycles. The van der Waals surface area contributed by atoms with Gasteiger partial charge in [-0.2, -0.15) is 0 Å². The molecule has 0 bridgehead atoms. The Balaban J connectivity index is 2.06. The van der Waals surface area contributed by atoms with Crippen LogP contribution in [0.3, 0.4) is 0 Å². The van der Waals surface area contributed by atoms with E-state index in [1.54, 1.807) is 12.4 Å². The summed E-state index contributed by atoms with van der Waals surface area (Å²) in [7, 11) is 0. The topological polar surface area (TPSA) is 48.1 Å². The summed E-state index contributed by atoms with van der Waals surface area (Å²) in [5.74, 6) is 0.846. The van der Waals surface area contributed by atoms with E-state index < -0.39 is 0 Å². The van der Waals surface area contributed by atoms with E-state index in [2.05, 4.69) is 24.0 Å². The summed E-state index contributed by atoms with van der Waals surface area (Å²) in [5.41, 5.74) is 8.11. The van der Waals surface area contributed by atoms with Gasteiger partial charge in [0, 0.05) is 24.5 Å². The van der Waals surface area contributed by atoms with Crippen molar-refractivity contribution in [3.63, 3.8) is 0 Å². The zero-order chi connectivity index (χ0) is 13.5. The predicted octanol–water partition coefficient (Wildman–Crippen LogP) is 3.11. The maximum absolute atomic E-state index is 5.92. The lowest BCUT2D eigenvalue weighted by molar-refractivity contribution is 0.214. The van der Waals surface area contributed by atoms with E-state index >= 15 is 0 Å². The molecule has 100 valence electrons. The first-order chi connectivity index (χ1) is 9.33. The third-order valence-electron chi connectivity index (χ3n) is 3.01. The molecule has 1 atom stereocenters. The minimum Gasteiger partial charge on any atom is -0.484 e. The van der Waals surface area contributed by atoms with Crippen molar-refractivity contribution in [2.75, 3.05) is 6.54 Å². The minimum atomic E-state index is -0.147. The van der Waals surface area contributed by atoms with Gasteiger partial charge in [-0.15, -0.1) is 0 Å². The Hall–Kier alpha value is -1.87. The molecule has 0 saturated heterocycles. The predicted molar refractivity (Wildman–Crippen MR) is 77.1 cm³/mol. The van der Waals surface area contributed by atoms with Gasteiger partial charge in [0.2, 0.25) is 0 Å². The van der Waals surface area contributed by atoms with Crippen molar-refractivity contribution in [3.8, 4) is 5.75 Å². The molecule has 19 heavy (non-hydrogen) atoms. The van der Waals surface area contributed by atoms with Crippen LogP contribution in [0.15, 0.2) is 48.8 Å². The van der Waals surface area contributed by atoms with Gasteiger partial charge >= 0.3 is 0 Å². The van der Waals surface area contributed by atoms with Crippen LogP contribution < -0.4 is 10.5 Å². The van der Waals surface area contributed by atoms with E-state index in [0.29, 0.717) is 6.54 Å². The number of pyridine rings is 1. The molecule has 2 aromatic rings. The molecular formula is C16H20N2O. The van der Waals surface area contributed by atoms with Gasteiger partial charge in [-0.3, -0.25) is 4.98 Å². The van der Waals surface area contributed by atoms with Crippen molar-refractivity contribution >= 4 is 0 Å². The lowest BCUT2D eigenvalue weighted by Crippen LogP contribution is -2.18. The zero-order valence-electron chi connectivity index (χ0n) is 11.3. The van der Waals surface area contributed by atoms with E-state index in [1.165, 1.54) is 5.56 Å². The largest absolute Gasteiger partial charge is 0.484 e. The molecule has 1 heterocycles. The summed E-state index contributed by atoms with van der Waals surface area (Å²) >= 11 is 0.